The van der Waals surface area contributed by atoms with Crippen LogP contribution >= 0.6 is 0 Å². The Morgan fingerprint density at radius 2 is 1.93 bits per heavy atom. The lowest BCUT2D eigenvalue weighted by Crippen LogP contribution is -2.31. The van der Waals surface area contributed by atoms with Gasteiger partial charge in [-0.2, -0.15) is 15.1 Å². The highest BCUT2D eigenvalue weighted by Crippen LogP contribution is 2.27. The smallest absolute Gasteiger partial charge is 0.226 e. The van der Waals surface area contributed by atoms with Crippen molar-refractivity contribution < 1.29 is 4.74 Å². The third-order valence-electron chi connectivity index (χ3n) is 5.16. The summed E-state index contributed by atoms with van der Waals surface area (Å²) in [6.07, 6.45) is 4.16. The fourth-order valence-electron chi connectivity index (χ4n) is 3.65. The standard InChI is InChI=1S/C19H25N7O/c1-25-18-15(11-22-25)17(20)23-19(24-18)21-12-16(26-9-3-4-10-26)13-5-7-14(27-2)8-6-13/h5-8,11,16H,3-4,9-10,12H2,1-2H3,(H3,20,21,23,24). The molecule has 0 amide bonds. The van der Waals surface area contributed by atoms with Crippen LogP contribution in [0.15, 0.2) is 30.5 Å². The second-order valence-electron chi connectivity index (χ2n) is 6.85. The van der Waals surface area contributed by atoms with E-state index >= 15 is 0 Å². The van der Waals surface area contributed by atoms with Crippen molar-refractivity contribution in [3.8, 4) is 5.75 Å². The van der Waals surface area contributed by atoms with E-state index in [-0.39, 0.29) is 6.04 Å². The Kier molecular flexibility index (Phi) is 4.81. The highest BCUT2D eigenvalue weighted by Gasteiger charge is 2.24. The largest absolute Gasteiger partial charge is 0.497 e. The summed E-state index contributed by atoms with van der Waals surface area (Å²) < 4.78 is 7.00. The van der Waals surface area contributed by atoms with Crippen LogP contribution in [-0.2, 0) is 7.05 Å². The molecule has 0 saturated carbocycles. The number of nitrogens with two attached hydrogens (primary N) is 1. The number of nitrogen functional groups attached to an aromatic ring is 1. The summed E-state index contributed by atoms with van der Waals surface area (Å²) in [5, 5.41) is 8.36. The average molecular weight is 367 g/mol. The van der Waals surface area contributed by atoms with Gasteiger partial charge in [-0.15, -0.1) is 0 Å². The molecule has 142 valence electrons. The highest BCUT2D eigenvalue weighted by molar-refractivity contribution is 5.86. The van der Waals surface area contributed by atoms with Gasteiger partial charge in [-0.1, -0.05) is 12.1 Å². The van der Waals surface area contributed by atoms with Gasteiger partial charge in [-0.3, -0.25) is 9.58 Å². The van der Waals surface area contributed by atoms with E-state index in [0.717, 1.165) is 29.9 Å². The van der Waals surface area contributed by atoms with Crippen molar-refractivity contribution >= 4 is 22.8 Å². The molecule has 0 aliphatic carbocycles. The lowest BCUT2D eigenvalue weighted by molar-refractivity contribution is 0.255. The third-order valence-corrected chi connectivity index (χ3v) is 5.16. The monoisotopic (exact) mass is 367 g/mol. The molecule has 1 fully saturated rings. The van der Waals surface area contributed by atoms with Crippen LogP contribution in [0, 0.1) is 0 Å². The van der Waals surface area contributed by atoms with Crippen LogP contribution < -0.4 is 15.8 Å². The Bertz CT molecular complexity index is 916. The van der Waals surface area contributed by atoms with Crippen molar-refractivity contribution in [3.63, 3.8) is 0 Å². The van der Waals surface area contributed by atoms with Gasteiger partial charge in [-0.05, 0) is 43.6 Å². The summed E-state index contributed by atoms with van der Waals surface area (Å²) in [4.78, 5) is 11.5. The Labute approximate surface area is 158 Å². The van der Waals surface area contributed by atoms with Gasteiger partial charge in [0, 0.05) is 13.6 Å². The van der Waals surface area contributed by atoms with E-state index in [1.165, 1.54) is 18.4 Å². The predicted molar refractivity (Wildman–Crippen MR) is 106 cm³/mol. The number of likely N-dealkylation sites (tertiary alicyclic amines) is 1. The molecular formula is C19H25N7O. The maximum atomic E-state index is 6.07. The molecule has 4 rings (SSSR count). The maximum Gasteiger partial charge on any atom is 0.226 e. The zero-order chi connectivity index (χ0) is 18.8. The van der Waals surface area contributed by atoms with Crippen molar-refractivity contribution in [2.75, 3.05) is 37.8 Å². The number of methoxy groups -OCH3 is 1. The summed E-state index contributed by atoms with van der Waals surface area (Å²) in [6.45, 7) is 2.90. The first-order valence-electron chi connectivity index (χ1n) is 9.23. The first-order chi connectivity index (χ1) is 13.2. The molecule has 0 radical (unpaired) electrons. The van der Waals surface area contributed by atoms with E-state index in [0.29, 0.717) is 18.3 Å². The predicted octanol–water partition coefficient (Wildman–Crippen LogP) is 2.20. The number of aromatic nitrogens is 4. The van der Waals surface area contributed by atoms with Crippen LogP contribution in [0.5, 0.6) is 5.75 Å². The van der Waals surface area contributed by atoms with Gasteiger partial charge in [0.2, 0.25) is 5.95 Å². The number of aryl methyl sites for hydroxylation is 1. The third kappa shape index (κ3) is 3.52. The lowest BCUT2D eigenvalue weighted by Gasteiger charge is -2.28. The van der Waals surface area contributed by atoms with Gasteiger partial charge < -0.3 is 15.8 Å². The molecule has 0 spiro atoms. The Balaban J connectivity index is 1.57. The molecule has 3 heterocycles. The topological polar surface area (TPSA) is 94.1 Å². The van der Waals surface area contributed by atoms with E-state index in [1.807, 2.05) is 19.2 Å². The van der Waals surface area contributed by atoms with Gasteiger partial charge in [0.25, 0.3) is 0 Å². The fraction of sp³-hybridized carbons (Fsp3) is 0.421. The number of ether oxygens (including phenoxy) is 1. The van der Waals surface area contributed by atoms with Gasteiger partial charge >= 0.3 is 0 Å². The second kappa shape index (κ2) is 7.40. The highest BCUT2D eigenvalue weighted by atomic mass is 16.5. The summed E-state index contributed by atoms with van der Waals surface area (Å²) in [7, 11) is 3.54. The Morgan fingerprint density at radius 1 is 1.19 bits per heavy atom. The van der Waals surface area contributed by atoms with E-state index in [9.17, 15) is 0 Å². The van der Waals surface area contributed by atoms with E-state index < -0.39 is 0 Å². The van der Waals surface area contributed by atoms with Crippen LogP contribution in [0.3, 0.4) is 0 Å². The number of hydrogen-bond acceptors (Lipinski definition) is 7. The molecule has 8 nitrogen and oxygen atoms in total. The summed E-state index contributed by atoms with van der Waals surface area (Å²) >= 11 is 0. The number of rotatable bonds is 6. The van der Waals surface area contributed by atoms with Gasteiger partial charge in [0.15, 0.2) is 5.65 Å². The molecule has 1 unspecified atom stereocenters. The fourth-order valence-corrected chi connectivity index (χ4v) is 3.65. The zero-order valence-corrected chi connectivity index (χ0v) is 15.7. The normalized spacial score (nSPS) is 15.9. The molecule has 3 N–H and O–H groups in total. The SMILES string of the molecule is COc1ccc(C(CNc2nc(N)c3cnn(C)c3n2)N2CCCC2)cc1. The van der Waals surface area contributed by atoms with Gasteiger partial charge in [0.05, 0.1) is 24.7 Å². The molecule has 0 bridgehead atoms. The van der Waals surface area contributed by atoms with Crippen LogP contribution in [-0.4, -0.2) is 51.4 Å². The van der Waals surface area contributed by atoms with Crippen molar-refractivity contribution in [1.82, 2.24) is 24.6 Å². The zero-order valence-electron chi connectivity index (χ0n) is 15.7. The maximum absolute atomic E-state index is 6.07. The number of hydrogen-bond donors (Lipinski definition) is 2. The molecule has 1 aliphatic rings. The molecule has 27 heavy (non-hydrogen) atoms. The summed E-state index contributed by atoms with van der Waals surface area (Å²) in [6, 6.07) is 8.51. The molecule has 1 aliphatic heterocycles. The quantitative estimate of drug-likeness (QED) is 0.690. The molecule has 1 atom stereocenters. The van der Waals surface area contributed by atoms with Crippen LogP contribution in [0.1, 0.15) is 24.4 Å². The van der Waals surface area contributed by atoms with Crippen molar-refractivity contribution in [3.05, 3.63) is 36.0 Å². The van der Waals surface area contributed by atoms with Crippen LogP contribution in [0.4, 0.5) is 11.8 Å². The average Bonchev–Trinajstić information content (AvgIpc) is 3.34. The summed E-state index contributed by atoms with van der Waals surface area (Å²) in [5.41, 5.74) is 8.05. The molecule has 8 heteroatoms. The number of anilines is 2. The van der Waals surface area contributed by atoms with Crippen molar-refractivity contribution in [2.45, 2.75) is 18.9 Å². The lowest BCUT2D eigenvalue weighted by atomic mass is 10.1. The minimum absolute atomic E-state index is 0.241. The molecule has 1 aromatic carbocycles. The first kappa shape index (κ1) is 17.5. The van der Waals surface area contributed by atoms with Crippen molar-refractivity contribution in [2.24, 2.45) is 7.05 Å². The van der Waals surface area contributed by atoms with Gasteiger partial charge in [-0.25, -0.2) is 0 Å². The molecular weight excluding hydrogens is 342 g/mol. The van der Waals surface area contributed by atoms with E-state index in [1.54, 1.807) is 18.0 Å². The van der Waals surface area contributed by atoms with Gasteiger partial charge in [0.1, 0.15) is 11.6 Å². The Morgan fingerprint density at radius 3 is 2.63 bits per heavy atom. The number of nitrogens with zero attached hydrogens (tertiary/aromatic N) is 5. The number of nitrogens with one attached hydrogen (secondary N) is 1. The summed E-state index contributed by atoms with van der Waals surface area (Å²) in [5.74, 6) is 1.84. The Hall–Kier alpha value is -2.87. The molecule has 2 aromatic heterocycles. The minimum atomic E-state index is 0.241. The van der Waals surface area contributed by atoms with E-state index in [2.05, 4.69) is 37.4 Å². The number of benzene rings is 1. The second-order valence-corrected chi connectivity index (χ2v) is 6.85. The van der Waals surface area contributed by atoms with E-state index in [4.69, 9.17) is 10.5 Å². The molecule has 1 saturated heterocycles. The minimum Gasteiger partial charge on any atom is -0.497 e. The molecule has 3 aromatic rings. The van der Waals surface area contributed by atoms with Crippen LogP contribution in [0.2, 0.25) is 0 Å². The first-order valence-corrected chi connectivity index (χ1v) is 9.23. The van der Waals surface area contributed by atoms with Crippen LogP contribution in [0.25, 0.3) is 11.0 Å². The van der Waals surface area contributed by atoms with Crippen molar-refractivity contribution in [1.29, 1.82) is 0 Å². The number of fused-ring (bicyclic) bond motifs is 1.